The number of aliphatic carboxylic acids is 1. The van der Waals surface area contributed by atoms with Crippen LogP contribution in [0.1, 0.15) is 0 Å². The lowest BCUT2D eigenvalue weighted by molar-refractivity contribution is -0.132. The monoisotopic (exact) mass is 155 g/mol. The predicted molar refractivity (Wildman–Crippen MR) is 26.0 cm³/mol. The van der Waals surface area contributed by atoms with E-state index in [9.17, 15) is 18.0 Å². The molecule has 0 heterocycles. The highest BCUT2D eigenvalue weighted by Crippen LogP contribution is 2.20. The van der Waals surface area contributed by atoms with E-state index in [0.29, 0.717) is 0 Å². The number of carboxylic acids is 1. The van der Waals surface area contributed by atoms with Gasteiger partial charge in [-0.2, -0.15) is 13.2 Å². The third kappa shape index (κ3) is 2.95. The summed E-state index contributed by atoms with van der Waals surface area (Å²) in [4.78, 5) is 9.60. The van der Waals surface area contributed by atoms with Crippen LogP contribution in [0.25, 0.3) is 0 Å². The second kappa shape index (κ2) is 2.59. The zero-order valence-corrected chi connectivity index (χ0v) is 4.64. The quantitative estimate of drug-likeness (QED) is 0.541. The number of hydrogen-bond acceptors (Lipinski definition) is 2. The first kappa shape index (κ1) is 8.80. The Hall–Kier alpha value is -1.20. The van der Waals surface area contributed by atoms with Crippen molar-refractivity contribution in [3.8, 4) is 0 Å². The number of carboxylic acid groups (broad SMARTS) is 1. The van der Waals surface area contributed by atoms with E-state index in [1.165, 1.54) is 0 Å². The highest BCUT2D eigenvalue weighted by molar-refractivity contribution is 5.80. The van der Waals surface area contributed by atoms with Crippen LogP contribution in [-0.2, 0) is 4.79 Å². The zero-order chi connectivity index (χ0) is 8.36. The van der Waals surface area contributed by atoms with Crippen molar-refractivity contribution in [2.45, 2.75) is 6.18 Å². The predicted octanol–water partition coefficient (Wildman–Crippen LogP) is 0.476. The molecule has 0 radical (unpaired) electrons. The molecule has 10 heavy (non-hydrogen) atoms. The molecule has 0 rings (SSSR count). The first-order valence-corrected chi connectivity index (χ1v) is 2.11. The van der Waals surface area contributed by atoms with Gasteiger partial charge in [0, 0.05) is 0 Å². The zero-order valence-electron chi connectivity index (χ0n) is 4.64. The molecule has 0 aliphatic heterocycles. The Labute approximate surface area is 53.9 Å². The molecule has 3 N–H and O–H groups in total. The fraction of sp³-hybridized carbons (Fsp3) is 0.250. The number of allylic oxidation sites excluding steroid dienone is 1. The Balaban J connectivity index is 4.35. The molecule has 0 atom stereocenters. The number of carbonyl (C=O) groups is 1. The third-order valence-corrected chi connectivity index (χ3v) is 0.606. The normalized spacial score (nSPS) is 13.3. The van der Waals surface area contributed by atoms with Crippen molar-refractivity contribution >= 4 is 5.97 Å². The minimum Gasteiger partial charge on any atom is -0.478 e. The maximum atomic E-state index is 11.4. The van der Waals surface area contributed by atoms with E-state index < -0.39 is 17.8 Å². The van der Waals surface area contributed by atoms with Crippen LogP contribution in [-0.4, -0.2) is 17.3 Å². The van der Waals surface area contributed by atoms with Crippen LogP contribution in [0, 0.1) is 0 Å². The highest BCUT2D eigenvalue weighted by atomic mass is 19.4. The molecule has 0 aromatic carbocycles. The molecule has 0 fully saturated rings. The van der Waals surface area contributed by atoms with Crippen LogP contribution in [0.5, 0.6) is 0 Å². The Morgan fingerprint density at radius 1 is 1.50 bits per heavy atom. The van der Waals surface area contributed by atoms with E-state index in [0.717, 1.165) is 0 Å². The van der Waals surface area contributed by atoms with E-state index in [4.69, 9.17) is 5.11 Å². The second-order valence-corrected chi connectivity index (χ2v) is 1.44. The molecule has 0 aromatic rings. The summed E-state index contributed by atoms with van der Waals surface area (Å²) >= 11 is 0. The van der Waals surface area contributed by atoms with Crippen LogP contribution in [0.15, 0.2) is 11.8 Å². The van der Waals surface area contributed by atoms with Crippen molar-refractivity contribution in [1.82, 2.24) is 0 Å². The van der Waals surface area contributed by atoms with Gasteiger partial charge in [-0.15, -0.1) is 0 Å². The fourth-order valence-corrected chi connectivity index (χ4v) is 0.215. The SMILES string of the molecule is NC(=CC(=O)O)C(F)(F)F. The van der Waals surface area contributed by atoms with Crippen molar-refractivity contribution < 1.29 is 23.1 Å². The van der Waals surface area contributed by atoms with Gasteiger partial charge in [0.05, 0.1) is 6.08 Å². The number of rotatable bonds is 1. The number of nitrogens with two attached hydrogens (primary N) is 1. The van der Waals surface area contributed by atoms with Gasteiger partial charge in [0.25, 0.3) is 0 Å². The van der Waals surface area contributed by atoms with Gasteiger partial charge >= 0.3 is 12.1 Å². The molecule has 0 saturated carbocycles. The number of alkyl halides is 3. The van der Waals surface area contributed by atoms with Crippen LogP contribution >= 0.6 is 0 Å². The van der Waals surface area contributed by atoms with Gasteiger partial charge in [-0.3, -0.25) is 0 Å². The molecule has 0 aromatic heterocycles. The average molecular weight is 155 g/mol. The summed E-state index contributed by atoms with van der Waals surface area (Å²) in [5, 5.41) is 7.79. The minimum absolute atomic E-state index is 0.0972. The first-order chi connectivity index (χ1) is 4.34. The van der Waals surface area contributed by atoms with Crippen molar-refractivity contribution in [2.75, 3.05) is 0 Å². The van der Waals surface area contributed by atoms with E-state index in [1.54, 1.807) is 0 Å². The smallest absolute Gasteiger partial charge is 0.430 e. The summed E-state index contributed by atoms with van der Waals surface area (Å²) in [5.41, 5.74) is 2.70. The summed E-state index contributed by atoms with van der Waals surface area (Å²) in [7, 11) is 0. The molecule has 0 unspecified atom stereocenters. The third-order valence-electron chi connectivity index (χ3n) is 0.606. The van der Waals surface area contributed by atoms with Gasteiger partial charge in [0.2, 0.25) is 0 Å². The lowest BCUT2D eigenvalue weighted by atomic mass is 10.4. The average Bonchev–Trinajstić information content (AvgIpc) is 1.60. The van der Waals surface area contributed by atoms with Crippen molar-refractivity contribution in [3.05, 3.63) is 11.8 Å². The topological polar surface area (TPSA) is 63.3 Å². The van der Waals surface area contributed by atoms with Crippen LogP contribution in [0.3, 0.4) is 0 Å². The Morgan fingerprint density at radius 2 is 1.90 bits per heavy atom. The number of hydrogen-bond donors (Lipinski definition) is 2. The fourth-order valence-electron chi connectivity index (χ4n) is 0.215. The lowest BCUT2D eigenvalue weighted by Crippen LogP contribution is -2.20. The van der Waals surface area contributed by atoms with Gasteiger partial charge in [0.15, 0.2) is 0 Å². The summed E-state index contributed by atoms with van der Waals surface area (Å²) < 4.78 is 34.1. The molecule has 3 nitrogen and oxygen atoms in total. The summed E-state index contributed by atoms with van der Waals surface area (Å²) in [6.45, 7) is 0. The molecular weight excluding hydrogens is 151 g/mol. The number of halogens is 3. The maximum absolute atomic E-state index is 11.4. The van der Waals surface area contributed by atoms with Gasteiger partial charge in [-0.05, 0) is 0 Å². The van der Waals surface area contributed by atoms with E-state index in [1.807, 2.05) is 0 Å². The Bertz CT molecular complexity index is 172. The minimum atomic E-state index is -4.75. The van der Waals surface area contributed by atoms with Crippen LogP contribution in [0.2, 0.25) is 0 Å². The molecule has 0 amide bonds. The van der Waals surface area contributed by atoms with Gasteiger partial charge < -0.3 is 10.8 Å². The van der Waals surface area contributed by atoms with Crippen LogP contribution < -0.4 is 5.73 Å². The molecule has 0 saturated heterocycles. The highest BCUT2D eigenvalue weighted by Gasteiger charge is 2.31. The largest absolute Gasteiger partial charge is 0.478 e. The molecule has 58 valence electrons. The molecule has 0 aliphatic carbocycles. The molecule has 6 heteroatoms. The molecule has 0 bridgehead atoms. The van der Waals surface area contributed by atoms with E-state index >= 15 is 0 Å². The maximum Gasteiger partial charge on any atom is 0.430 e. The summed E-state index contributed by atoms with van der Waals surface area (Å²) in [5.74, 6) is -1.71. The van der Waals surface area contributed by atoms with Gasteiger partial charge in [-0.1, -0.05) is 0 Å². The standard InChI is InChI=1S/C4H4F3NO2/c5-4(6,7)2(8)1-3(9)10/h1H,8H2,(H,9,10). The summed E-state index contributed by atoms with van der Waals surface area (Å²) in [6, 6.07) is 0. The van der Waals surface area contributed by atoms with Crippen molar-refractivity contribution in [3.63, 3.8) is 0 Å². The van der Waals surface area contributed by atoms with Gasteiger partial charge in [0.1, 0.15) is 5.70 Å². The molecule has 0 spiro atoms. The van der Waals surface area contributed by atoms with Crippen LogP contribution in [0.4, 0.5) is 13.2 Å². The lowest BCUT2D eigenvalue weighted by Gasteiger charge is -2.03. The van der Waals surface area contributed by atoms with Crippen molar-refractivity contribution in [1.29, 1.82) is 0 Å². The Kier molecular flexibility index (Phi) is 2.28. The van der Waals surface area contributed by atoms with Crippen molar-refractivity contribution in [2.24, 2.45) is 5.73 Å². The molecular formula is C4H4F3NO2. The van der Waals surface area contributed by atoms with E-state index in [2.05, 4.69) is 5.73 Å². The van der Waals surface area contributed by atoms with Gasteiger partial charge in [-0.25, -0.2) is 4.79 Å². The first-order valence-electron chi connectivity index (χ1n) is 2.11. The molecule has 0 aliphatic rings. The van der Waals surface area contributed by atoms with E-state index in [-0.39, 0.29) is 6.08 Å². The Morgan fingerprint density at radius 3 is 2.00 bits per heavy atom. The summed E-state index contributed by atoms with van der Waals surface area (Å²) in [6.07, 6.45) is -4.85. The second-order valence-electron chi connectivity index (χ2n) is 1.44.